The van der Waals surface area contributed by atoms with Gasteiger partial charge in [-0.2, -0.15) is 0 Å². The van der Waals surface area contributed by atoms with Crippen molar-refractivity contribution in [2.75, 3.05) is 6.54 Å². The highest BCUT2D eigenvalue weighted by Crippen LogP contribution is 2.72. The highest BCUT2D eigenvalue weighted by molar-refractivity contribution is 5.82. The first kappa shape index (κ1) is 8.72. The first-order valence-electron chi connectivity index (χ1n) is 5.45. The van der Waals surface area contributed by atoms with Crippen molar-refractivity contribution >= 4 is 5.97 Å². The molecular formula is C11H17NO2. The summed E-state index contributed by atoms with van der Waals surface area (Å²) in [6.07, 6.45) is 3.15. The van der Waals surface area contributed by atoms with E-state index in [0.717, 1.165) is 19.4 Å². The molecule has 0 spiro atoms. The number of nitrogens with one attached hydrogen (secondary N) is 1. The molecule has 0 amide bonds. The highest BCUT2D eigenvalue weighted by atomic mass is 16.4. The molecule has 1 saturated heterocycles. The maximum atomic E-state index is 11.5. The van der Waals surface area contributed by atoms with Crippen molar-refractivity contribution < 1.29 is 9.90 Å². The zero-order valence-corrected chi connectivity index (χ0v) is 8.76. The standard InChI is InChI=1S/C11H17NO2/c1-9-6-12-11(8(13)14)5-7(9)3-4-10(9,11)2/h7,12H,3-6H2,1-2H3,(H,13,14)/t7-,9+,10+,11-/m0/s1. The minimum absolute atomic E-state index is 0.0174. The maximum absolute atomic E-state index is 11.5. The quantitative estimate of drug-likeness (QED) is 0.662. The summed E-state index contributed by atoms with van der Waals surface area (Å²) in [5, 5.41) is 12.7. The molecule has 3 heteroatoms. The van der Waals surface area contributed by atoms with Gasteiger partial charge in [0, 0.05) is 12.0 Å². The highest BCUT2D eigenvalue weighted by Gasteiger charge is 2.77. The van der Waals surface area contributed by atoms with Crippen LogP contribution in [-0.2, 0) is 4.79 Å². The van der Waals surface area contributed by atoms with Crippen LogP contribution in [-0.4, -0.2) is 23.2 Å². The first-order chi connectivity index (χ1) is 6.46. The Balaban J connectivity index is 2.18. The predicted octanol–water partition coefficient (Wildman–Crippen LogP) is 1.24. The molecule has 14 heavy (non-hydrogen) atoms. The normalized spacial score (nSPS) is 59.4. The van der Waals surface area contributed by atoms with Crippen LogP contribution in [0.4, 0.5) is 0 Å². The molecule has 1 aliphatic heterocycles. The van der Waals surface area contributed by atoms with E-state index < -0.39 is 11.5 Å². The van der Waals surface area contributed by atoms with Crippen molar-refractivity contribution in [3.63, 3.8) is 0 Å². The molecule has 1 heterocycles. The van der Waals surface area contributed by atoms with Crippen LogP contribution >= 0.6 is 0 Å². The molecule has 3 fully saturated rings. The third kappa shape index (κ3) is 0.553. The second-order valence-corrected chi connectivity index (χ2v) is 5.75. The van der Waals surface area contributed by atoms with Gasteiger partial charge in [-0.3, -0.25) is 4.79 Å². The summed E-state index contributed by atoms with van der Waals surface area (Å²) in [7, 11) is 0. The fraction of sp³-hybridized carbons (Fsp3) is 0.909. The second-order valence-electron chi connectivity index (χ2n) is 5.75. The minimum Gasteiger partial charge on any atom is -0.480 e. The summed E-state index contributed by atoms with van der Waals surface area (Å²) in [6.45, 7) is 5.34. The second kappa shape index (κ2) is 2.01. The van der Waals surface area contributed by atoms with Crippen molar-refractivity contribution in [2.24, 2.45) is 16.7 Å². The van der Waals surface area contributed by atoms with Gasteiger partial charge >= 0.3 is 5.97 Å². The van der Waals surface area contributed by atoms with Crippen molar-refractivity contribution in [1.29, 1.82) is 0 Å². The van der Waals surface area contributed by atoms with E-state index in [1.807, 2.05) is 0 Å². The monoisotopic (exact) mass is 195 g/mol. The van der Waals surface area contributed by atoms with Crippen LogP contribution in [0.15, 0.2) is 0 Å². The van der Waals surface area contributed by atoms with E-state index in [9.17, 15) is 9.90 Å². The summed E-state index contributed by atoms with van der Waals surface area (Å²) >= 11 is 0. The van der Waals surface area contributed by atoms with E-state index in [4.69, 9.17) is 0 Å². The van der Waals surface area contributed by atoms with Crippen molar-refractivity contribution in [2.45, 2.75) is 38.6 Å². The van der Waals surface area contributed by atoms with Crippen molar-refractivity contribution in [3.8, 4) is 0 Å². The SMILES string of the molecule is C[C@]12CC[C@H]3C[C@@]1(C(=O)O)NC[C@]32C. The Kier molecular flexibility index (Phi) is 1.25. The topological polar surface area (TPSA) is 49.3 Å². The Morgan fingerprint density at radius 3 is 2.64 bits per heavy atom. The fourth-order valence-corrected chi connectivity index (χ4v) is 4.48. The van der Waals surface area contributed by atoms with E-state index >= 15 is 0 Å². The van der Waals surface area contributed by atoms with Crippen LogP contribution in [0.3, 0.4) is 0 Å². The summed E-state index contributed by atoms with van der Waals surface area (Å²) < 4.78 is 0. The molecular weight excluding hydrogens is 178 g/mol. The number of carbonyl (C=O) groups is 1. The Hall–Kier alpha value is -0.570. The smallest absolute Gasteiger partial charge is 0.324 e. The van der Waals surface area contributed by atoms with Gasteiger partial charge in [0.05, 0.1) is 0 Å². The van der Waals surface area contributed by atoms with Gasteiger partial charge in [-0.05, 0) is 30.6 Å². The molecule has 0 aromatic carbocycles. The van der Waals surface area contributed by atoms with Crippen LogP contribution in [0.25, 0.3) is 0 Å². The molecule has 2 N–H and O–H groups in total. The molecule has 2 saturated carbocycles. The molecule has 0 radical (unpaired) electrons. The van der Waals surface area contributed by atoms with Gasteiger partial charge < -0.3 is 10.4 Å². The maximum Gasteiger partial charge on any atom is 0.324 e. The average Bonchev–Trinajstić information content (AvgIpc) is 2.58. The third-order valence-electron chi connectivity index (χ3n) is 5.77. The number of piperidine rings is 1. The average molecular weight is 195 g/mol. The Bertz CT molecular complexity index is 329. The molecule has 78 valence electrons. The van der Waals surface area contributed by atoms with Gasteiger partial charge in [-0.15, -0.1) is 0 Å². The molecule has 3 rings (SSSR count). The molecule has 3 nitrogen and oxygen atoms in total. The van der Waals surface area contributed by atoms with E-state index in [2.05, 4.69) is 19.2 Å². The Morgan fingerprint density at radius 1 is 1.50 bits per heavy atom. The number of aliphatic carboxylic acids is 1. The Morgan fingerprint density at radius 2 is 2.21 bits per heavy atom. The van der Waals surface area contributed by atoms with Crippen LogP contribution in [0, 0.1) is 16.7 Å². The molecule has 4 atom stereocenters. The number of carboxylic acid groups (broad SMARTS) is 1. The van der Waals surface area contributed by atoms with Crippen molar-refractivity contribution in [1.82, 2.24) is 5.32 Å². The van der Waals surface area contributed by atoms with Gasteiger partial charge in [0.1, 0.15) is 5.54 Å². The third-order valence-corrected chi connectivity index (χ3v) is 5.77. The number of hydrogen-bond donors (Lipinski definition) is 2. The predicted molar refractivity (Wildman–Crippen MR) is 51.9 cm³/mol. The lowest BCUT2D eigenvalue weighted by molar-refractivity contribution is -0.149. The summed E-state index contributed by atoms with van der Waals surface area (Å²) in [5.74, 6) is -0.00391. The number of hydrogen-bond acceptors (Lipinski definition) is 2. The molecule has 0 aromatic heterocycles. The van der Waals surface area contributed by atoms with Crippen LogP contribution in [0.2, 0.25) is 0 Å². The molecule has 0 unspecified atom stereocenters. The summed E-state index contributed by atoms with van der Waals surface area (Å²) in [4.78, 5) is 11.5. The van der Waals surface area contributed by atoms with Crippen LogP contribution in [0.5, 0.6) is 0 Å². The zero-order valence-electron chi connectivity index (χ0n) is 8.76. The van der Waals surface area contributed by atoms with Gasteiger partial charge in [0.25, 0.3) is 0 Å². The summed E-state index contributed by atoms with van der Waals surface area (Å²) in [6, 6.07) is 0. The van der Waals surface area contributed by atoms with E-state index in [1.54, 1.807) is 0 Å². The van der Waals surface area contributed by atoms with Crippen LogP contribution in [0.1, 0.15) is 33.1 Å². The molecule has 3 aliphatic rings. The first-order valence-corrected chi connectivity index (χ1v) is 5.45. The lowest BCUT2D eigenvalue weighted by Crippen LogP contribution is -2.57. The largest absolute Gasteiger partial charge is 0.480 e. The molecule has 0 aromatic rings. The summed E-state index contributed by atoms with van der Waals surface area (Å²) in [5.41, 5.74) is -0.396. The Labute approximate surface area is 83.9 Å². The van der Waals surface area contributed by atoms with E-state index in [-0.39, 0.29) is 10.8 Å². The van der Waals surface area contributed by atoms with Gasteiger partial charge in [0.2, 0.25) is 0 Å². The fourth-order valence-electron chi connectivity index (χ4n) is 4.48. The lowest BCUT2D eigenvalue weighted by atomic mass is 9.66. The van der Waals surface area contributed by atoms with E-state index in [1.165, 1.54) is 6.42 Å². The van der Waals surface area contributed by atoms with Gasteiger partial charge in [-0.25, -0.2) is 0 Å². The van der Waals surface area contributed by atoms with E-state index in [0.29, 0.717) is 5.92 Å². The molecule has 2 aliphatic carbocycles. The van der Waals surface area contributed by atoms with Gasteiger partial charge in [-0.1, -0.05) is 13.8 Å². The van der Waals surface area contributed by atoms with Gasteiger partial charge in [0.15, 0.2) is 0 Å². The molecule has 4 bridgehead atoms. The minimum atomic E-state index is -0.633. The van der Waals surface area contributed by atoms with Crippen molar-refractivity contribution in [3.05, 3.63) is 0 Å². The number of carboxylic acids is 1. The zero-order chi connectivity index (χ0) is 10.2. The lowest BCUT2D eigenvalue weighted by Gasteiger charge is -2.39. The number of rotatable bonds is 1. The van der Waals surface area contributed by atoms with Crippen LogP contribution < -0.4 is 5.32 Å².